The summed E-state index contributed by atoms with van der Waals surface area (Å²) in [4.78, 5) is 19.0. The molecule has 4 nitrogen and oxygen atoms in total. The number of aryl methyl sites for hydroxylation is 2. The van der Waals surface area contributed by atoms with Crippen molar-refractivity contribution in [3.8, 4) is 0 Å². The number of amides is 1. The fourth-order valence-electron chi connectivity index (χ4n) is 2.16. The summed E-state index contributed by atoms with van der Waals surface area (Å²) in [7, 11) is 1.75. The second-order valence-electron chi connectivity index (χ2n) is 4.84. The van der Waals surface area contributed by atoms with Crippen LogP contribution in [0.3, 0.4) is 0 Å². The lowest BCUT2D eigenvalue weighted by Gasteiger charge is -2.14. The van der Waals surface area contributed by atoms with E-state index in [-0.39, 0.29) is 17.6 Å². The largest absolute Gasteiger partial charge is 0.373 e. The number of hydrogen-bond acceptors (Lipinski definition) is 4. The first-order valence-electron chi connectivity index (χ1n) is 6.64. The molecule has 0 saturated carbocycles. The number of rotatable bonds is 4. The summed E-state index contributed by atoms with van der Waals surface area (Å²) >= 11 is 7.79. The lowest BCUT2D eigenvalue weighted by Crippen LogP contribution is -2.28. The minimum Gasteiger partial charge on any atom is -0.373 e. The van der Waals surface area contributed by atoms with Crippen LogP contribution in [0.5, 0.6) is 0 Å². The second-order valence-corrected chi connectivity index (χ2v) is 6.71. The zero-order valence-corrected chi connectivity index (χ0v) is 14.0. The Balaban J connectivity index is 2.20. The first-order valence-corrected chi connectivity index (χ1v) is 7.84. The summed E-state index contributed by atoms with van der Waals surface area (Å²) < 4.78 is 0. The highest BCUT2D eigenvalue weighted by Gasteiger charge is 2.18. The van der Waals surface area contributed by atoms with Gasteiger partial charge in [-0.3, -0.25) is 4.79 Å². The van der Waals surface area contributed by atoms with Gasteiger partial charge in [-0.1, -0.05) is 11.6 Å². The van der Waals surface area contributed by atoms with Gasteiger partial charge in [-0.25, -0.2) is 4.98 Å². The molecule has 6 heteroatoms. The Labute approximate surface area is 133 Å². The van der Waals surface area contributed by atoms with Gasteiger partial charge < -0.3 is 10.6 Å². The van der Waals surface area contributed by atoms with Crippen LogP contribution in [0.4, 0.5) is 5.82 Å². The molecule has 0 saturated heterocycles. The van der Waals surface area contributed by atoms with E-state index >= 15 is 0 Å². The van der Waals surface area contributed by atoms with Gasteiger partial charge in [-0.2, -0.15) is 0 Å². The lowest BCUT2D eigenvalue weighted by molar-refractivity contribution is 0.0935. The van der Waals surface area contributed by atoms with Crippen LogP contribution in [-0.4, -0.2) is 17.9 Å². The van der Waals surface area contributed by atoms with Crippen LogP contribution in [0.1, 0.15) is 38.8 Å². The predicted molar refractivity (Wildman–Crippen MR) is 88.5 cm³/mol. The third-order valence-electron chi connectivity index (χ3n) is 3.21. The molecule has 1 amide bonds. The Morgan fingerprint density at radius 1 is 1.38 bits per heavy atom. The lowest BCUT2D eigenvalue weighted by atomic mass is 10.1. The summed E-state index contributed by atoms with van der Waals surface area (Å²) in [6.07, 6.45) is 0. The van der Waals surface area contributed by atoms with E-state index in [0.29, 0.717) is 10.8 Å². The summed E-state index contributed by atoms with van der Waals surface area (Å²) in [5, 5.41) is 6.19. The van der Waals surface area contributed by atoms with Crippen molar-refractivity contribution in [3.05, 3.63) is 44.2 Å². The van der Waals surface area contributed by atoms with E-state index in [0.717, 1.165) is 5.56 Å². The van der Waals surface area contributed by atoms with Crippen molar-refractivity contribution in [1.29, 1.82) is 0 Å². The monoisotopic (exact) mass is 323 g/mol. The van der Waals surface area contributed by atoms with Crippen LogP contribution in [0, 0.1) is 13.8 Å². The molecule has 0 radical (unpaired) electrons. The maximum atomic E-state index is 12.4. The van der Waals surface area contributed by atoms with Gasteiger partial charge >= 0.3 is 0 Å². The van der Waals surface area contributed by atoms with Crippen LogP contribution in [0.25, 0.3) is 0 Å². The Morgan fingerprint density at radius 2 is 2.10 bits per heavy atom. The van der Waals surface area contributed by atoms with Gasteiger partial charge in [0.2, 0.25) is 0 Å². The minimum absolute atomic E-state index is 0.0847. The van der Waals surface area contributed by atoms with Gasteiger partial charge in [-0.15, -0.1) is 11.3 Å². The molecule has 1 unspecified atom stereocenters. The third-order valence-corrected chi connectivity index (χ3v) is 4.50. The molecule has 0 aromatic carbocycles. The topological polar surface area (TPSA) is 54.0 Å². The van der Waals surface area contributed by atoms with Crippen molar-refractivity contribution in [1.82, 2.24) is 10.3 Å². The molecule has 0 bridgehead atoms. The number of carbonyl (C=O) groups excluding carboxylic acids is 1. The molecular formula is C15H18ClN3OS. The highest BCUT2D eigenvalue weighted by Crippen LogP contribution is 2.26. The molecule has 2 aromatic heterocycles. The third kappa shape index (κ3) is 3.54. The molecule has 0 aliphatic rings. The van der Waals surface area contributed by atoms with Gasteiger partial charge in [-0.05, 0) is 44.5 Å². The zero-order chi connectivity index (χ0) is 15.6. The average Bonchev–Trinajstić information content (AvgIpc) is 2.78. The smallest absolute Gasteiger partial charge is 0.271 e. The van der Waals surface area contributed by atoms with Gasteiger partial charge in [0.15, 0.2) is 0 Å². The highest BCUT2D eigenvalue weighted by molar-refractivity contribution is 7.12. The number of thiophene rings is 1. The predicted octanol–water partition coefficient (Wildman–Crippen LogP) is 3.95. The zero-order valence-electron chi connectivity index (χ0n) is 12.5. The van der Waals surface area contributed by atoms with Crippen molar-refractivity contribution < 1.29 is 4.79 Å². The maximum Gasteiger partial charge on any atom is 0.271 e. The highest BCUT2D eigenvalue weighted by atomic mass is 35.5. The van der Waals surface area contributed by atoms with E-state index in [1.54, 1.807) is 30.5 Å². The van der Waals surface area contributed by atoms with Crippen LogP contribution in [-0.2, 0) is 0 Å². The van der Waals surface area contributed by atoms with Crippen molar-refractivity contribution in [2.45, 2.75) is 26.8 Å². The number of nitrogens with one attached hydrogen (secondary N) is 2. The Kier molecular flexibility index (Phi) is 4.85. The quantitative estimate of drug-likeness (QED) is 0.896. The average molecular weight is 324 g/mol. The van der Waals surface area contributed by atoms with Gasteiger partial charge in [0.25, 0.3) is 5.91 Å². The summed E-state index contributed by atoms with van der Waals surface area (Å²) in [5.41, 5.74) is 1.37. The van der Waals surface area contributed by atoms with Crippen LogP contribution in [0.15, 0.2) is 18.2 Å². The second kappa shape index (κ2) is 6.45. The van der Waals surface area contributed by atoms with E-state index in [4.69, 9.17) is 11.6 Å². The summed E-state index contributed by atoms with van der Waals surface area (Å²) in [6.45, 7) is 6.08. The van der Waals surface area contributed by atoms with Crippen molar-refractivity contribution in [2.24, 2.45) is 0 Å². The summed E-state index contributed by atoms with van der Waals surface area (Å²) in [6, 6.07) is 5.41. The molecule has 2 aromatic rings. The van der Waals surface area contributed by atoms with Crippen LogP contribution in [0.2, 0.25) is 5.02 Å². The van der Waals surface area contributed by atoms with E-state index in [1.165, 1.54) is 9.75 Å². The van der Waals surface area contributed by atoms with E-state index in [9.17, 15) is 4.79 Å². The Morgan fingerprint density at radius 3 is 2.67 bits per heavy atom. The SMILES string of the molecule is CNc1ccc(Cl)c(C(=O)NC(C)c2cc(C)sc2C)n1. The maximum absolute atomic E-state index is 12.4. The standard InChI is InChI=1S/C15H18ClN3OS/c1-8-7-11(10(3)21-8)9(2)18-15(20)14-12(16)5-6-13(17-4)19-14/h5-7,9H,1-4H3,(H,17,19)(H,18,20). The van der Waals surface area contributed by atoms with Crippen LogP contribution < -0.4 is 10.6 Å². The molecule has 0 aliphatic carbocycles. The first kappa shape index (κ1) is 15.8. The van der Waals surface area contributed by atoms with Gasteiger partial charge in [0, 0.05) is 16.8 Å². The van der Waals surface area contributed by atoms with E-state index < -0.39 is 0 Å². The number of anilines is 1. The number of hydrogen-bond donors (Lipinski definition) is 2. The molecule has 1 atom stereocenters. The number of halogens is 1. The molecular weight excluding hydrogens is 306 g/mol. The normalized spacial score (nSPS) is 12.0. The molecule has 2 heterocycles. The van der Waals surface area contributed by atoms with Crippen molar-refractivity contribution >= 4 is 34.7 Å². The first-order chi connectivity index (χ1) is 9.92. The Bertz CT molecular complexity index is 669. The number of aromatic nitrogens is 1. The van der Waals surface area contributed by atoms with Crippen LogP contribution >= 0.6 is 22.9 Å². The Hall–Kier alpha value is -1.59. The number of pyridine rings is 1. The molecule has 112 valence electrons. The van der Waals surface area contributed by atoms with Gasteiger partial charge in [0.05, 0.1) is 11.1 Å². The molecule has 2 N–H and O–H groups in total. The number of carbonyl (C=O) groups is 1. The molecule has 0 fully saturated rings. The molecule has 21 heavy (non-hydrogen) atoms. The van der Waals surface area contributed by atoms with Gasteiger partial charge in [0.1, 0.15) is 11.5 Å². The fourth-order valence-corrected chi connectivity index (χ4v) is 3.38. The molecule has 2 rings (SSSR count). The van der Waals surface area contributed by atoms with Crippen molar-refractivity contribution in [3.63, 3.8) is 0 Å². The van der Waals surface area contributed by atoms with E-state index in [1.807, 2.05) is 6.92 Å². The fraction of sp³-hybridized carbons (Fsp3) is 0.333. The minimum atomic E-state index is -0.271. The molecule has 0 spiro atoms. The number of nitrogens with zero attached hydrogens (tertiary/aromatic N) is 1. The van der Waals surface area contributed by atoms with Crippen molar-refractivity contribution in [2.75, 3.05) is 12.4 Å². The molecule has 0 aliphatic heterocycles. The summed E-state index contributed by atoms with van der Waals surface area (Å²) in [5.74, 6) is 0.340. The van der Waals surface area contributed by atoms with E-state index in [2.05, 4.69) is 35.5 Å².